The summed E-state index contributed by atoms with van der Waals surface area (Å²) >= 11 is 0.160. The van der Waals surface area contributed by atoms with E-state index in [4.69, 9.17) is 0 Å². The third-order valence-electron chi connectivity index (χ3n) is 3.95. The number of carboxylic acid groups (broad SMARTS) is 1. The van der Waals surface area contributed by atoms with Crippen molar-refractivity contribution in [1.82, 2.24) is 4.90 Å². The molecule has 0 bridgehead atoms. The number of carbonyl (C=O) groups excluding carboxylic acids is 1. The quantitative estimate of drug-likeness (QED) is 0.621. The number of carboxylic acids is 1. The molecule has 1 unspecified atom stereocenters. The monoisotopic (exact) mass is 353 g/mol. The molecule has 2 aliphatic rings. The maximum absolute atomic E-state index is 12.1. The van der Waals surface area contributed by atoms with E-state index in [2.05, 4.69) is 0 Å². The van der Waals surface area contributed by atoms with Crippen molar-refractivity contribution in [3.63, 3.8) is 0 Å². The van der Waals surface area contributed by atoms with E-state index in [0.29, 0.717) is 15.4 Å². The number of aliphatic hydroxyl groups excluding tert-OH is 1. The molecular weight excluding hydrogens is 338 g/mol. The van der Waals surface area contributed by atoms with E-state index < -0.39 is 29.2 Å². The first-order valence-corrected chi connectivity index (χ1v) is 9.36. The van der Waals surface area contributed by atoms with E-state index in [9.17, 15) is 24.4 Å². The van der Waals surface area contributed by atoms with Gasteiger partial charge in [0.25, 0.3) is 0 Å². The fraction of sp³-hybridized carbons (Fsp3) is 0.333. The van der Waals surface area contributed by atoms with Crippen LogP contribution in [0.3, 0.4) is 0 Å². The number of hydrogen-bond acceptors (Lipinski definition) is 5. The summed E-state index contributed by atoms with van der Waals surface area (Å²) in [6, 6.07) is 6.77. The molecule has 0 spiro atoms. The van der Waals surface area contributed by atoms with Crippen molar-refractivity contribution in [3.8, 4) is 0 Å². The molecule has 4 atom stereocenters. The van der Waals surface area contributed by atoms with Crippen LogP contribution in [0.15, 0.2) is 34.9 Å². The highest BCUT2D eigenvalue weighted by Crippen LogP contribution is 2.53. The Balaban J connectivity index is 1.98. The van der Waals surface area contributed by atoms with E-state index >= 15 is 0 Å². The van der Waals surface area contributed by atoms with Gasteiger partial charge in [0.15, 0.2) is 4.90 Å². The molecule has 6 nitrogen and oxygen atoms in total. The lowest BCUT2D eigenvalue weighted by atomic mass is 9.92. The Morgan fingerprint density at radius 1 is 1.39 bits per heavy atom. The summed E-state index contributed by atoms with van der Waals surface area (Å²) in [4.78, 5) is 26.1. The highest BCUT2D eigenvalue weighted by Gasteiger charge is 2.57. The predicted octanol–water partition coefficient (Wildman–Crippen LogP) is 1.09. The summed E-state index contributed by atoms with van der Waals surface area (Å²) in [6.07, 6.45) is 0.745. The molecule has 1 aromatic carbocycles. The maximum atomic E-state index is 12.1. The molecule has 3 rings (SSSR count). The minimum absolute atomic E-state index is 0.0488. The Hall–Kier alpha value is -1.48. The van der Waals surface area contributed by atoms with Gasteiger partial charge in [-0.2, -0.15) is 0 Å². The van der Waals surface area contributed by atoms with Gasteiger partial charge in [-0.15, -0.1) is 0 Å². The van der Waals surface area contributed by atoms with Crippen LogP contribution in [0.2, 0.25) is 0 Å². The largest absolute Gasteiger partial charge is 0.612 e. The topological polar surface area (TPSA) is 101 Å². The first kappa shape index (κ1) is 16.4. The summed E-state index contributed by atoms with van der Waals surface area (Å²) in [5.41, 5.74) is 0.611. The maximum Gasteiger partial charge on any atom is 0.353 e. The van der Waals surface area contributed by atoms with Crippen molar-refractivity contribution in [2.45, 2.75) is 23.3 Å². The lowest BCUT2D eigenvalue weighted by Gasteiger charge is -2.43. The average Bonchev–Trinajstić information content (AvgIpc) is 2.82. The Kier molecular flexibility index (Phi) is 4.18. The van der Waals surface area contributed by atoms with Crippen molar-refractivity contribution in [2.75, 3.05) is 6.26 Å². The van der Waals surface area contributed by atoms with E-state index in [1.807, 2.05) is 0 Å². The molecule has 8 heteroatoms. The molecule has 0 radical (unpaired) electrons. The summed E-state index contributed by atoms with van der Waals surface area (Å²) < 4.78 is 11.4. The Bertz CT molecular complexity index is 698. The first-order valence-electron chi connectivity index (χ1n) is 6.92. The predicted molar refractivity (Wildman–Crippen MR) is 86.7 cm³/mol. The third-order valence-corrected chi connectivity index (χ3v) is 6.30. The van der Waals surface area contributed by atoms with Gasteiger partial charge >= 0.3 is 5.97 Å². The zero-order valence-electron chi connectivity index (χ0n) is 12.4. The Morgan fingerprint density at radius 2 is 2.00 bits per heavy atom. The van der Waals surface area contributed by atoms with Gasteiger partial charge in [-0.3, -0.25) is 9.69 Å². The molecule has 23 heavy (non-hydrogen) atoms. The second-order valence-corrected chi connectivity index (χ2v) is 7.95. The smallest absolute Gasteiger partial charge is 0.353 e. The molecule has 0 aliphatic carbocycles. The molecule has 1 fully saturated rings. The summed E-state index contributed by atoms with van der Waals surface area (Å²) in [7, 11) is 0. The normalized spacial score (nSPS) is 25.9. The molecule has 2 heterocycles. The minimum Gasteiger partial charge on any atom is -0.612 e. The number of aliphatic carboxylic acids is 1. The Labute approximate surface area is 140 Å². The van der Waals surface area contributed by atoms with Gasteiger partial charge < -0.3 is 14.8 Å². The molecule has 2 aliphatic heterocycles. The van der Waals surface area contributed by atoms with E-state index in [0.717, 1.165) is 0 Å². The minimum atomic E-state index is -1.17. The zero-order valence-corrected chi connectivity index (χ0v) is 14.1. The number of carbonyl (C=O) groups is 2. The van der Waals surface area contributed by atoms with Crippen molar-refractivity contribution in [1.29, 1.82) is 0 Å². The number of thioether (sulfide) groups is 1. The van der Waals surface area contributed by atoms with Gasteiger partial charge in [0.1, 0.15) is 17.3 Å². The standard InChI is InChI=1S/C15H15NO5S2/c1-7(17)10-13(18)16-11(15(19)20)12(22-14(10)16)8-3-5-9(6-4-8)23(2)21/h3-7,10,14,17H,1-2H3,(H,19,20)/t7-,10+,14-,23?/m1/s1. The van der Waals surface area contributed by atoms with Crippen LogP contribution < -0.4 is 0 Å². The van der Waals surface area contributed by atoms with Crippen LogP contribution in [0.25, 0.3) is 4.91 Å². The van der Waals surface area contributed by atoms with Crippen LogP contribution in [0.5, 0.6) is 0 Å². The molecular formula is C15H15NO5S2. The van der Waals surface area contributed by atoms with Crippen LogP contribution in [0.1, 0.15) is 12.5 Å². The van der Waals surface area contributed by atoms with Crippen molar-refractivity contribution in [2.24, 2.45) is 5.92 Å². The van der Waals surface area contributed by atoms with Crippen LogP contribution in [0.4, 0.5) is 0 Å². The number of fused-ring (bicyclic) bond motifs is 1. The number of rotatable bonds is 4. The average molecular weight is 353 g/mol. The number of β-lactam (4-membered cyclic amide) rings is 1. The van der Waals surface area contributed by atoms with Gasteiger partial charge in [-0.1, -0.05) is 11.8 Å². The van der Waals surface area contributed by atoms with Gasteiger partial charge in [0.05, 0.1) is 12.0 Å². The molecule has 0 saturated carbocycles. The SMILES string of the molecule is C[C@@H](O)[C@H]1C(=O)N2C(C(=O)O)=C(c3ccc([S+](C)[O-])cc3)S[C@H]12. The van der Waals surface area contributed by atoms with Crippen LogP contribution in [0, 0.1) is 5.92 Å². The molecule has 2 N–H and O–H groups in total. The second-order valence-electron chi connectivity index (χ2n) is 5.44. The van der Waals surface area contributed by atoms with Crippen LogP contribution >= 0.6 is 11.8 Å². The number of nitrogens with zero attached hydrogens (tertiary/aromatic N) is 1. The van der Waals surface area contributed by atoms with E-state index in [-0.39, 0.29) is 17.0 Å². The number of benzene rings is 1. The van der Waals surface area contributed by atoms with Crippen molar-refractivity contribution in [3.05, 3.63) is 35.5 Å². The second kappa shape index (κ2) is 5.86. The highest BCUT2D eigenvalue weighted by atomic mass is 32.2. The third kappa shape index (κ3) is 2.55. The summed E-state index contributed by atoms with van der Waals surface area (Å²) in [5, 5.41) is 18.8. The van der Waals surface area contributed by atoms with Gasteiger partial charge in [0.2, 0.25) is 5.91 Å². The number of hydrogen-bond donors (Lipinski definition) is 2. The van der Waals surface area contributed by atoms with Crippen LogP contribution in [-0.2, 0) is 20.8 Å². The first-order chi connectivity index (χ1) is 10.8. The molecule has 0 aromatic heterocycles. The number of aliphatic hydroxyl groups is 1. The number of amides is 1. The van der Waals surface area contributed by atoms with Crippen LogP contribution in [-0.4, -0.2) is 49.3 Å². The van der Waals surface area contributed by atoms with Crippen molar-refractivity contribution >= 4 is 39.7 Å². The van der Waals surface area contributed by atoms with Gasteiger partial charge in [0, 0.05) is 4.91 Å². The van der Waals surface area contributed by atoms with Gasteiger partial charge in [-0.05, 0) is 47.9 Å². The lowest BCUT2D eigenvalue weighted by molar-refractivity contribution is -0.156. The molecule has 1 aromatic rings. The van der Waals surface area contributed by atoms with Gasteiger partial charge in [-0.25, -0.2) is 4.79 Å². The molecule has 1 saturated heterocycles. The fourth-order valence-corrected chi connectivity index (χ4v) is 4.92. The summed E-state index contributed by atoms with van der Waals surface area (Å²) in [5.74, 6) is -2.12. The van der Waals surface area contributed by atoms with Crippen molar-refractivity contribution < 1.29 is 24.4 Å². The van der Waals surface area contributed by atoms with E-state index in [1.165, 1.54) is 23.6 Å². The lowest BCUT2D eigenvalue weighted by Crippen LogP contribution is -2.60. The fourth-order valence-electron chi connectivity index (χ4n) is 2.78. The zero-order chi connectivity index (χ0) is 16.9. The summed E-state index contributed by atoms with van der Waals surface area (Å²) in [6.45, 7) is 1.53. The molecule has 1 amide bonds. The van der Waals surface area contributed by atoms with E-state index in [1.54, 1.807) is 30.5 Å². The molecule has 122 valence electrons. The highest BCUT2D eigenvalue weighted by molar-refractivity contribution is 8.09. The Morgan fingerprint density at radius 3 is 2.48 bits per heavy atom.